The van der Waals surface area contributed by atoms with E-state index in [-0.39, 0.29) is 5.97 Å². The van der Waals surface area contributed by atoms with Crippen molar-refractivity contribution >= 4 is 11.7 Å². The Morgan fingerprint density at radius 2 is 2.00 bits per heavy atom. The van der Waals surface area contributed by atoms with Crippen LogP contribution < -0.4 is 5.73 Å². The summed E-state index contributed by atoms with van der Waals surface area (Å²) >= 11 is 0. The molecule has 0 radical (unpaired) electrons. The summed E-state index contributed by atoms with van der Waals surface area (Å²) < 4.78 is 5.10. The molecule has 3 nitrogen and oxygen atoms in total. The zero-order valence-electron chi connectivity index (χ0n) is 9.32. The molecule has 0 atom stereocenters. The third-order valence-corrected chi connectivity index (χ3v) is 2.18. The van der Waals surface area contributed by atoms with Gasteiger partial charge >= 0.3 is 5.97 Å². The van der Waals surface area contributed by atoms with Crippen LogP contribution in [0.2, 0.25) is 0 Å². The predicted octanol–water partition coefficient (Wildman–Crippen LogP) is 2.78. The summed E-state index contributed by atoms with van der Waals surface area (Å²) in [7, 11) is 0. The van der Waals surface area contributed by atoms with Crippen LogP contribution >= 0.6 is 0 Å². The second-order valence-corrected chi connectivity index (χ2v) is 3.54. The summed E-state index contributed by atoms with van der Waals surface area (Å²) in [6.45, 7) is 4.09. The molecule has 0 aliphatic heterocycles. The highest BCUT2D eigenvalue weighted by atomic mass is 16.5. The van der Waals surface area contributed by atoms with Gasteiger partial charge in [0.2, 0.25) is 0 Å². The van der Waals surface area contributed by atoms with E-state index in [4.69, 9.17) is 10.5 Å². The molecule has 0 saturated carbocycles. The average molecular weight is 219 g/mol. The molecule has 2 N–H and O–H groups in total. The minimum atomic E-state index is -0.293. The number of ether oxygens (including phenoxy) is 1. The Hall–Kier alpha value is -1.77. The van der Waals surface area contributed by atoms with Crippen molar-refractivity contribution in [1.82, 2.24) is 0 Å². The van der Waals surface area contributed by atoms with Crippen LogP contribution in [0.1, 0.15) is 29.6 Å². The molecule has 3 heteroatoms. The summed E-state index contributed by atoms with van der Waals surface area (Å²) in [4.78, 5) is 11.5. The number of allylic oxidation sites excluding steroid dienone is 1. The van der Waals surface area contributed by atoms with Gasteiger partial charge in [-0.2, -0.15) is 0 Å². The SMILES string of the molecule is C=CCCCCOC(=O)c1ccc(N)cc1. The topological polar surface area (TPSA) is 52.3 Å². The first kappa shape index (κ1) is 12.3. The molecule has 0 aromatic heterocycles. The zero-order valence-corrected chi connectivity index (χ0v) is 9.32. The van der Waals surface area contributed by atoms with Gasteiger partial charge < -0.3 is 10.5 Å². The molecule has 0 aliphatic rings. The predicted molar refractivity (Wildman–Crippen MR) is 65.2 cm³/mol. The minimum Gasteiger partial charge on any atom is -0.462 e. The number of rotatable bonds is 6. The number of nitrogen functional groups attached to an aromatic ring is 1. The number of benzene rings is 1. The van der Waals surface area contributed by atoms with Crippen LogP contribution in [0.4, 0.5) is 5.69 Å². The Balaban J connectivity index is 2.29. The van der Waals surface area contributed by atoms with Gasteiger partial charge in [-0.1, -0.05) is 6.08 Å². The molecule has 0 fully saturated rings. The standard InChI is InChI=1S/C13H17NO2/c1-2-3-4-5-10-16-13(15)11-6-8-12(14)9-7-11/h2,6-9H,1,3-5,10,14H2. The van der Waals surface area contributed by atoms with Crippen LogP contribution in [-0.4, -0.2) is 12.6 Å². The van der Waals surface area contributed by atoms with Crippen molar-refractivity contribution in [3.05, 3.63) is 42.5 Å². The third kappa shape index (κ3) is 4.17. The van der Waals surface area contributed by atoms with Crippen molar-refractivity contribution in [3.63, 3.8) is 0 Å². The van der Waals surface area contributed by atoms with Crippen molar-refractivity contribution in [1.29, 1.82) is 0 Å². The number of unbranched alkanes of at least 4 members (excludes halogenated alkanes) is 2. The number of esters is 1. The number of hydrogen-bond acceptors (Lipinski definition) is 3. The maximum absolute atomic E-state index is 11.5. The van der Waals surface area contributed by atoms with Crippen LogP contribution in [0, 0.1) is 0 Å². The van der Waals surface area contributed by atoms with Crippen molar-refractivity contribution in [2.45, 2.75) is 19.3 Å². The van der Waals surface area contributed by atoms with Gasteiger partial charge in [0.15, 0.2) is 0 Å². The summed E-state index contributed by atoms with van der Waals surface area (Å²) in [6, 6.07) is 6.71. The summed E-state index contributed by atoms with van der Waals surface area (Å²) in [5, 5.41) is 0. The molecule has 16 heavy (non-hydrogen) atoms. The Morgan fingerprint density at radius 3 is 2.62 bits per heavy atom. The molecule has 1 rings (SSSR count). The van der Waals surface area contributed by atoms with Crippen LogP contribution in [0.25, 0.3) is 0 Å². The van der Waals surface area contributed by atoms with E-state index in [0.717, 1.165) is 19.3 Å². The number of carbonyl (C=O) groups excluding carboxylic acids is 1. The highest BCUT2D eigenvalue weighted by Crippen LogP contribution is 2.07. The van der Waals surface area contributed by atoms with Crippen molar-refractivity contribution in [2.75, 3.05) is 12.3 Å². The van der Waals surface area contributed by atoms with Crippen molar-refractivity contribution < 1.29 is 9.53 Å². The van der Waals surface area contributed by atoms with Gasteiger partial charge in [0.1, 0.15) is 0 Å². The van der Waals surface area contributed by atoms with E-state index in [1.807, 2.05) is 6.08 Å². The molecule has 0 aliphatic carbocycles. The fourth-order valence-electron chi connectivity index (χ4n) is 1.26. The summed E-state index contributed by atoms with van der Waals surface area (Å²) in [6.07, 6.45) is 4.69. The molecular weight excluding hydrogens is 202 g/mol. The average Bonchev–Trinajstić information content (AvgIpc) is 2.29. The quantitative estimate of drug-likeness (QED) is 0.346. The molecule has 1 aromatic carbocycles. The first-order valence-corrected chi connectivity index (χ1v) is 5.37. The van der Waals surface area contributed by atoms with E-state index >= 15 is 0 Å². The van der Waals surface area contributed by atoms with Gasteiger partial charge in [-0.25, -0.2) is 4.79 Å². The number of hydrogen-bond donors (Lipinski definition) is 1. The smallest absolute Gasteiger partial charge is 0.338 e. The molecule has 0 bridgehead atoms. The maximum atomic E-state index is 11.5. The number of nitrogens with two attached hydrogens (primary N) is 1. The lowest BCUT2D eigenvalue weighted by Gasteiger charge is -2.04. The maximum Gasteiger partial charge on any atom is 0.338 e. The molecule has 0 amide bonds. The fourth-order valence-corrected chi connectivity index (χ4v) is 1.26. The van der Waals surface area contributed by atoms with Gasteiger partial charge in [-0.05, 0) is 43.5 Å². The van der Waals surface area contributed by atoms with Crippen LogP contribution in [0.15, 0.2) is 36.9 Å². The zero-order chi connectivity index (χ0) is 11.8. The van der Waals surface area contributed by atoms with E-state index in [9.17, 15) is 4.79 Å². The largest absolute Gasteiger partial charge is 0.462 e. The summed E-state index contributed by atoms with van der Waals surface area (Å²) in [5.74, 6) is -0.293. The highest BCUT2D eigenvalue weighted by molar-refractivity contribution is 5.89. The monoisotopic (exact) mass is 219 g/mol. The van der Waals surface area contributed by atoms with Crippen molar-refractivity contribution in [3.8, 4) is 0 Å². The molecular formula is C13H17NO2. The molecule has 86 valence electrons. The Kier molecular flexibility index (Phi) is 5.12. The first-order chi connectivity index (χ1) is 7.74. The summed E-state index contributed by atoms with van der Waals surface area (Å²) in [5.41, 5.74) is 6.70. The van der Waals surface area contributed by atoms with Gasteiger partial charge in [-0.15, -0.1) is 6.58 Å². The third-order valence-electron chi connectivity index (χ3n) is 2.18. The Bertz CT molecular complexity index is 343. The molecule has 0 heterocycles. The molecule has 0 unspecified atom stereocenters. The van der Waals surface area contributed by atoms with Crippen LogP contribution in [0.5, 0.6) is 0 Å². The van der Waals surface area contributed by atoms with Crippen LogP contribution in [0.3, 0.4) is 0 Å². The molecule has 0 spiro atoms. The Labute approximate surface area is 95.9 Å². The normalized spacial score (nSPS) is 9.75. The van der Waals surface area contributed by atoms with E-state index in [0.29, 0.717) is 17.9 Å². The van der Waals surface area contributed by atoms with Gasteiger partial charge in [0.05, 0.1) is 12.2 Å². The number of carbonyl (C=O) groups is 1. The van der Waals surface area contributed by atoms with E-state index < -0.39 is 0 Å². The second kappa shape index (κ2) is 6.67. The van der Waals surface area contributed by atoms with Gasteiger partial charge in [-0.3, -0.25) is 0 Å². The highest BCUT2D eigenvalue weighted by Gasteiger charge is 2.05. The number of anilines is 1. The van der Waals surface area contributed by atoms with Crippen molar-refractivity contribution in [2.24, 2.45) is 0 Å². The van der Waals surface area contributed by atoms with E-state index in [2.05, 4.69) is 6.58 Å². The lowest BCUT2D eigenvalue weighted by atomic mass is 10.2. The van der Waals surface area contributed by atoms with Gasteiger partial charge in [0.25, 0.3) is 0 Å². The minimum absolute atomic E-state index is 0.293. The van der Waals surface area contributed by atoms with E-state index in [1.165, 1.54) is 0 Å². The van der Waals surface area contributed by atoms with Gasteiger partial charge in [0, 0.05) is 5.69 Å². The molecule has 0 saturated heterocycles. The lowest BCUT2D eigenvalue weighted by Crippen LogP contribution is -2.06. The Morgan fingerprint density at radius 1 is 1.31 bits per heavy atom. The molecule has 1 aromatic rings. The fraction of sp³-hybridized carbons (Fsp3) is 0.308. The van der Waals surface area contributed by atoms with Crippen LogP contribution in [-0.2, 0) is 4.74 Å². The second-order valence-electron chi connectivity index (χ2n) is 3.54. The lowest BCUT2D eigenvalue weighted by molar-refractivity contribution is 0.0498. The first-order valence-electron chi connectivity index (χ1n) is 5.37. The van der Waals surface area contributed by atoms with E-state index in [1.54, 1.807) is 24.3 Å².